The molecule has 0 amide bonds. The molecule has 4 rings (SSSR count). The highest BCUT2D eigenvalue weighted by atomic mass is 16.5. The van der Waals surface area contributed by atoms with Crippen molar-refractivity contribution in [1.82, 2.24) is 0 Å². The topological polar surface area (TPSA) is 9.23 Å². The van der Waals surface area contributed by atoms with Gasteiger partial charge in [0.2, 0.25) is 0 Å². The van der Waals surface area contributed by atoms with Crippen LogP contribution in [0.4, 0.5) is 0 Å². The van der Waals surface area contributed by atoms with Crippen LogP contribution in [0.1, 0.15) is 24.0 Å². The average molecular weight is 222 g/mol. The molecule has 0 unspecified atom stereocenters. The van der Waals surface area contributed by atoms with Crippen molar-refractivity contribution in [2.45, 2.75) is 19.3 Å². The summed E-state index contributed by atoms with van der Waals surface area (Å²) in [6.07, 6.45) is 3.33. The van der Waals surface area contributed by atoms with Gasteiger partial charge in [-0.1, -0.05) is 36.4 Å². The molecule has 1 nitrogen and oxygen atoms in total. The van der Waals surface area contributed by atoms with Gasteiger partial charge in [-0.2, -0.15) is 0 Å². The van der Waals surface area contributed by atoms with Crippen LogP contribution in [-0.4, -0.2) is 6.61 Å². The van der Waals surface area contributed by atoms with Crippen molar-refractivity contribution in [3.63, 3.8) is 0 Å². The molecule has 1 heterocycles. The van der Waals surface area contributed by atoms with Crippen molar-refractivity contribution in [2.24, 2.45) is 0 Å². The lowest BCUT2D eigenvalue weighted by molar-refractivity contribution is 0.264. The maximum atomic E-state index is 5.78. The molecule has 0 spiro atoms. The predicted molar refractivity (Wildman–Crippen MR) is 69.8 cm³/mol. The Morgan fingerprint density at radius 3 is 2.71 bits per heavy atom. The molecule has 1 aliphatic carbocycles. The Labute approximate surface area is 101 Å². The second-order valence-electron chi connectivity index (χ2n) is 4.85. The minimum Gasteiger partial charge on any atom is -0.498 e. The highest BCUT2D eigenvalue weighted by Gasteiger charge is 2.23. The van der Waals surface area contributed by atoms with E-state index in [0.717, 1.165) is 19.4 Å². The van der Waals surface area contributed by atoms with Crippen LogP contribution in [0.3, 0.4) is 0 Å². The number of rotatable bonds is 0. The van der Waals surface area contributed by atoms with Gasteiger partial charge in [0.25, 0.3) is 0 Å². The van der Waals surface area contributed by atoms with Crippen LogP contribution in [0.15, 0.2) is 42.2 Å². The molecule has 1 aliphatic heterocycles. The summed E-state index contributed by atoms with van der Waals surface area (Å²) < 4.78 is 5.78. The van der Waals surface area contributed by atoms with Crippen molar-refractivity contribution in [3.8, 4) is 0 Å². The van der Waals surface area contributed by atoms with Gasteiger partial charge in [-0.05, 0) is 28.3 Å². The quantitative estimate of drug-likeness (QED) is 0.656. The van der Waals surface area contributed by atoms with Gasteiger partial charge in [-0.25, -0.2) is 0 Å². The Morgan fingerprint density at radius 2 is 1.88 bits per heavy atom. The minimum atomic E-state index is 0.894. The summed E-state index contributed by atoms with van der Waals surface area (Å²) in [7, 11) is 0. The first kappa shape index (κ1) is 9.29. The van der Waals surface area contributed by atoms with Crippen LogP contribution in [0.25, 0.3) is 16.3 Å². The van der Waals surface area contributed by atoms with Crippen LogP contribution in [0.2, 0.25) is 0 Å². The molecule has 0 radical (unpaired) electrons. The van der Waals surface area contributed by atoms with Crippen molar-refractivity contribution >= 4 is 16.3 Å². The predicted octanol–water partition coefficient (Wildman–Crippen LogP) is 3.92. The van der Waals surface area contributed by atoms with E-state index in [0.29, 0.717) is 0 Å². The van der Waals surface area contributed by atoms with E-state index in [1.165, 1.54) is 39.7 Å². The fourth-order valence-electron chi connectivity index (χ4n) is 3.09. The molecule has 2 aliphatic rings. The smallest absolute Gasteiger partial charge is 0.100 e. The Balaban J connectivity index is 2.04. The van der Waals surface area contributed by atoms with E-state index in [1.807, 2.05) is 0 Å². The first-order valence-corrected chi connectivity index (χ1v) is 6.29. The summed E-state index contributed by atoms with van der Waals surface area (Å²) in [5, 5.41) is 2.79. The van der Waals surface area contributed by atoms with Gasteiger partial charge in [-0.3, -0.25) is 0 Å². The molecule has 0 saturated carbocycles. The zero-order valence-electron chi connectivity index (χ0n) is 9.70. The summed E-state index contributed by atoms with van der Waals surface area (Å²) in [4.78, 5) is 0. The second kappa shape index (κ2) is 3.36. The normalized spacial score (nSPS) is 22.1. The summed E-state index contributed by atoms with van der Waals surface area (Å²) >= 11 is 0. The first-order valence-electron chi connectivity index (χ1n) is 6.29. The minimum absolute atomic E-state index is 0.894. The molecular formula is C16H14O. The van der Waals surface area contributed by atoms with Crippen LogP contribution in [0, 0.1) is 0 Å². The maximum absolute atomic E-state index is 5.78. The van der Waals surface area contributed by atoms with Crippen molar-refractivity contribution in [3.05, 3.63) is 53.3 Å². The molecule has 0 atom stereocenters. The lowest BCUT2D eigenvalue weighted by Gasteiger charge is -2.05. The largest absolute Gasteiger partial charge is 0.498 e. The van der Waals surface area contributed by atoms with Crippen LogP contribution < -0.4 is 0 Å². The van der Waals surface area contributed by atoms with Gasteiger partial charge in [0, 0.05) is 18.4 Å². The fourth-order valence-corrected chi connectivity index (χ4v) is 3.09. The Morgan fingerprint density at radius 1 is 1.00 bits per heavy atom. The van der Waals surface area contributed by atoms with Gasteiger partial charge in [0.1, 0.15) is 5.76 Å². The molecule has 1 saturated heterocycles. The monoisotopic (exact) mass is 222 g/mol. The van der Waals surface area contributed by atoms with Crippen molar-refractivity contribution in [2.75, 3.05) is 6.61 Å². The van der Waals surface area contributed by atoms with Gasteiger partial charge >= 0.3 is 0 Å². The average Bonchev–Trinajstić information content (AvgIpc) is 2.98. The molecule has 0 aromatic heterocycles. The molecule has 1 heteroatoms. The molecular weight excluding hydrogens is 208 g/mol. The number of ether oxygens (including phenoxy) is 1. The van der Waals surface area contributed by atoms with Crippen molar-refractivity contribution in [1.29, 1.82) is 0 Å². The molecule has 17 heavy (non-hydrogen) atoms. The number of hydrogen-bond acceptors (Lipinski definition) is 1. The lowest BCUT2D eigenvalue weighted by Crippen LogP contribution is -1.88. The number of hydrogen-bond donors (Lipinski definition) is 0. The SMILES string of the molecule is c1cc2c3c(cccc3c1)/C(=C1/CCCO1)C2. The lowest BCUT2D eigenvalue weighted by atomic mass is 10.0. The molecule has 1 fully saturated rings. The van der Waals surface area contributed by atoms with E-state index < -0.39 is 0 Å². The summed E-state index contributed by atoms with van der Waals surface area (Å²) in [5.74, 6) is 1.23. The molecule has 0 bridgehead atoms. The Hall–Kier alpha value is -1.76. The second-order valence-corrected chi connectivity index (χ2v) is 4.85. The van der Waals surface area contributed by atoms with Crippen LogP contribution >= 0.6 is 0 Å². The number of allylic oxidation sites excluding steroid dienone is 2. The molecule has 2 aromatic carbocycles. The third-order valence-electron chi connectivity index (χ3n) is 3.84. The van der Waals surface area contributed by atoms with E-state index in [2.05, 4.69) is 36.4 Å². The zero-order chi connectivity index (χ0) is 11.2. The van der Waals surface area contributed by atoms with Crippen molar-refractivity contribution < 1.29 is 4.74 Å². The highest BCUT2D eigenvalue weighted by molar-refractivity contribution is 6.01. The van der Waals surface area contributed by atoms with Gasteiger partial charge in [0.05, 0.1) is 6.61 Å². The maximum Gasteiger partial charge on any atom is 0.100 e. The summed E-state index contributed by atoms with van der Waals surface area (Å²) in [6, 6.07) is 13.2. The fraction of sp³-hybridized carbons (Fsp3) is 0.250. The van der Waals surface area contributed by atoms with E-state index in [9.17, 15) is 0 Å². The van der Waals surface area contributed by atoms with Gasteiger partial charge < -0.3 is 4.74 Å². The number of benzene rings is 2. The van der Waals surface area contributed by atoms with E-state index in [-0.39, 0.29) is 0 Å². The van der Waals surface area contributed by atoms with Crippen LogP contribution in [-0.2, 0) is 11.2 Å². The standard InChI is InChI=1S/C16H14O/c1-4-11-5-2-7-13-14(15-8-3-9-17-15)10-12(6-1)16(11)13/h1-2,4-7H,3,8-10H2/b15-14-. The first-order chi connectivity index (χ1) is 8.43. The molecule has 84 valence electrons. The Bertz CT molecular complexity index is 624. The van der Waals surface area contributed by atoms with Gasteiger partial charge in [-0.15, -0.1) is 0 Å². The third kappa shape index (κ3) is 1.25. The van der Waals surface area contributed by atoms with E-state index in [4.69, 9.17) is 4.74 Å². The molecule has 0 N–H and O–H groups in total. The third-order valence-corrected chi connectivity index (χ3v) is 3.84. The van der Waals surface area contributed by atoms with Gasteiger partial charge in [0.15, 0.2) is 0 Å². The van der Waals surface area contributed by atoms with Crippen LogP contribution in [0.5, 0.6) is 0 Å². The summed E-state index contributed by atoms with van der Waals surface area (Å²) in [5.41, 5.74) is 4.28. The summed E-state index contributed by atoms with van der Waals surface area (Å²) in [6.45, 7) is 0.894. The van der Waals surface area contributed by atoms with E-state index in [1.54, 1.807) is 0 Å². The molecule has 2 aromatic rings. The van der Waals surface area contributed by atoms with E-state index >= 15 is 0 Å². The zero-order valence-corrected chi connectivity index (χ0v) is 9.70. The highest BCUT2D eigenvalue weighted by Crippen LogP contribution is 2.41. The Kier molecular flexibility index (Phi) is 1.84.